The Balaban J connectivity index is 1.87. The van der Waals surface area contributed by atoms with E-state index in [2.05, 4.69) is 5.32 Å². The van der Waals surface area contributed by atoms with Crippen molar-refractivity contribution >= 4 is 29.1 Å². The molecule has 0 saturated carbocycles. The number of carbonyl (C=O) groups is 3. The van der Waals surface area contributed by atoms with Crippen molar-refractivity contribution < 1.29 is 18.8 Å². The molecular formula is C30H35FN4O3. The lowest BCUT2D eigenvalue weighted by atomic mass is 9.68. The quantitative estimate of drug-likeness (QED) is 0.497. The molecule has 1 heterocycles. The van der Waals surface area contributed by atoms with Crippen LogP contribution in [-0.2, 0) is 14.4 Å². The van der Waals surface area contributed by atoms with Gasteiger partial charge in [0, 0.05) is 17.2 Å². The maximum Gasteiger partial charge on any atom is 0.269 e. The number of aliphatic imine (C=N–C) groups is 1. The molecule has 3 amide bonds. The molecule has 3 N–H and O–H groups in total. The second-order valence-electron chi connectivity index (χ2n) is 10.8. The Bertz CT molecular complexity index is 1290. The first kappa shape index (κ1) is 27.2. The van der Waals surface area contributed by atoms with Crippen molar-refractivity contribution in [1.82, 2.24) is 4.90 Å². The second kappa shape index (κ2) is 10.9. The number of hydrogen-bond acceptors (Lipinski definition) is 4. The van der Waals surface area contributed by atoms with Crippen molar-refractivity contribution in [3.63, 3.8) is 0 Å². The molecule has 7 nitrogen and oxygen atoms in total. The number of rotatable bonds is 8. The van der Waals surface area contributed by atoms with Gasteiger partial charge in [-0.15, -0.1) is 0 Å². The van der Waals surface area contributed by atoms with Crippen LogP contribution >= 0.6 is 0 Å². The van der Waals surface area contributed by atoms with Crippen molar-refractivity contribution in [2.24, 2.45) is 28.0 Å². The number of benzene rings is 2. The summed E-state index contributed by atoms with van der Waals surface area (Å²) in [6.07, 6.45) is 3.64. The number of nitrogens with two attached hydrogens (primary N) is 1. The summed E-state index contributed by atoms with van der Waals surface area (Å²) in [5.74, 6) is -2.54. The molecule has 0 bridgehead atoms. The minimum Gasteiger partial charge on any atom is -0.369 e. The zero-order chi connectivity index (χ0) is 27.6. The van der Waals surface area contributed by atoms with Crippen molar-refractivity contribution in [2.45, 2.75) is 59.2 Å². The predicted molar refractivity (Wildman–Crippen MR) is 146 cm³/mol. The molecule has 0 spiro atoms. The first-order valence-electron chi connectivity index (χ1n) is 13.1. The van der Waals surface area contributed by atoms with E-state index in [1.54, 1.807) is 56.3 Å². The Hall–Kier alpha value is -3.81. The van der Waals surface area contributed by atoms with Gasteiger partial charge in [-0.05, 0) is 57.2 Å². The summed E-state index contributed by atoms with van der Waals surface area (Å²) in [5.41, 5.74) is 6.38. The molecule has 200 valence electrons. The second-order valence-corrected chi connectivity index (χ2v) is 10.8. The van der Waals surface area contributed by atoms with Gasteiger partial charge in [0.25, 0.3) is 5.91 Å². The number of para-hydroxylation sites is 1. The van der Waals surface area contributed by atoms with E-state index in [0.717, 1.165) is 0 Å². The fourth-order valence-electron chi connectivity index (χ4n) is 5.50. The van der Waals surface area contributed by atoms with E-state index in [9.17, 15) is 14.4 Å². The molecule has 1 aliphatic heterocycles. The van der Waals surface area contributed by atoms with Gasteiger partial charge >= 0.3 is 0 Å². The molecule has 2 aliphatic rings. The zero-order valence-electron chi connectivity index (χ0n) is 22.3. The Kier molecular flexibility index (Phi) is 7.81. The molecule has 1 aliphatic carbocycles. The van der Waals surface area contributed by atoms with Gasteiger partial charge in [-0.3, -0.25) is 14.4 Å². The van der Waals surface area contributed by atoms with Gasteiger partial charge < -0.3 is 16.0 Å². The van der Waals surface area contributed by atoms with Crippen molar-refractivity contribution in [3.8, 4) is 0 Å². The first-order valence-corrected chi connectivity index (χ1v) is 13.1. The number of hydrogen-bond donors (Lipinski definition) is 2. The van der Waals surface area contributed by atoms with Crippen LogP contribution in [0.1, 0.15) is 58.1 Å². The van der Waals surface area contributed by atoms with E-state index in [0.29, 0.717) is 30.5 Å². The van der Waals surface area contributed by atoms with Crippen LogP contribution in [0.4, 0.5) is 10.1 Å². The largest absolute Gasteiger partial charge is 0.369 e. The number of allylic oxidation sites excluding steroid dienone is 2. The van der Waals surface area contributed by atoms with E-state index in [1.807, 2.05) is 26.0 Å². The van der Waals surface area contributed by atoms with Crippen LogP contribution in [0.25, 0.3) is 0 Å². The Morgan fingerprint density at radius 2 is 1.66 bits per heavy atom. The van der Waals surface area contributed by atoms with E-state index < -0.39 is 41.2 Å². The molecule has 0 saturated heterocycles. The molecule has 0 aromatic heterocycles. The minimum atomic E-state index is -1.28. The third kappa shape index (κ3) is 4.99. The van der Waals surface area contributed by atoms with Crippen molar-refractivity contribution in [2.75, 3.05) is 5.32 Å². The highest BCUT2D eigenvalue weighted by Crippen LogP contribution is 2.45. The summed E-state index contributed by atoms with van der Waals surface area (Å²) in [6.45, 7) is 7.58. The molecule has 2 aromatic rings. The van der Waals surface area contributed by atoms with E-state index in [1.165, 1.54) is 11.0 Å². The minimum absolute atomic E-state index is 0.0967. The molecule has 0 radical (unpaired) electrons. The lowest BCUT2D eigenvalue weighted by Gasteiger charge is -2.41. The van der Waals surface area contributed by atoms with Crippen LogP contribution in [0.15, 0.2) is 65.7 Å². The standard InChI is InChI=1S/C30H35FN4O3/c1-18(2)17-22(30(29(32)38)15-9-10-16-30)28(37)35(19(3)4)26-27(36)33-24-14-8-6-12-21(24)25(34-26)20-11-5-7-13-23(20)31/h5-14,18-19,22,26H,15-17H2,1-4H3,(H2,32,38)(H,33,36). The van der Waals surface area contributed by atoms with Crippen molar-refractivity contribution in [1.29, 1.82) is 0 Å². The number of benzodiazepines with no additional fused rings is 1. The van der Waals surface area contributed by atoms with E-state index in [4.69, 9.17) is 10.7 Å². The lowest BCUT2D eigenvalue weighted by Crippen LogP contribution is -2.56. The molecule has 2 unspecified atom stereocenters. The fourth-order valence-corrected chi connectivity index (χ4v) is 5.50. The molecule has 2 aromatic carbocycles. The van der Waals surface area contributed by atoms with Crippen molar-refractivity contribution in [3.05, 3.63) is 77.6 Å². The van der Waals surface area contributed by atoms with E-state index in [-0.39, 0.29) is 23.1 Å². The summed E-state index contributed by atoms with van der Waals surface area (Å²) in [7, 11) is 0. The summed E-state index contributed by atoms with van der Waals surface area (Å²) >= 11 is 0. The number of nitrogens with one attached hydrogen (secondary N) is 1. The maximum atomic E-state index is 15.0. The summed E-state index contributed by atoms with van der Waals surface area (Å²) < 4.78 is 15.0. The average Bonchev–Trinajstić information content (AvgIpc) is 3.32. The highest BCUT2D eigenvalue weighted by Gasteiger charge is 2.51. The smallest absolute Gasteiger partial charge is 0.269 e. The van der Waals surface area contributed by atoms with Crippen LogP contribution in [0.3, 0.4) is 0 Å². The lowest BCUT2D eigenvalue weighted by molar-refractivity contribution is -0.152. The first-order chi connectivity index (χ1) is 18.1. The number of nitrogens with zero attached hydrogens (tertiary/aromatic N) is 2. The number of halogens is 1. The Morgan fingerprint density at radius 1 is 1.05 bits per heavy atom. The van der Waals surface area contributed by atoms with Gasteiger partial charge in [-0.2, -0.15) is 0 Å². The summed E-state index contributed by atoms with van der Waals surface area (Å²) in [4.78, 5) is 47.1. The zero-order valence-corrected chi connectivity index (χ0v) is 22.3. The third-order valence-corrected chi connectivity index (χ3v) is 7.42. The average molecular weight is 519 g/mol. The molecule has 8 heteroatoms. The molecule has 38 heavy (non-hydrogen) atoms. The van der Waals surface area contributed by atoms with Crippen LogP contribution in [0.5, 0.6) is 0 Å². The van der Waals surface area contributed by atoms with Gasteiger partial charge in [-0.1, -0.05) is 56.3 Å². The SMILES string of the molecule is CC(C)CC(C(=O)N(C(C)C)C1N=C(c2ccccc2F)c2ccccc2NC1=O)C1(C(N)=O)CC=CC1. The van der Waals surface area contributed by atoms with Crippen LogP contribution < -0.4 is 11.1 Å². The van der Waals surface area contributed by atoms with E-state index >= 15 is 4.39 Å². The molecule has 0 fully saturated rings. The van der Waals surface area contributed by atoms with Gasteiger partial charge in [0.1, 0.15) is 5.82 Å². The van der Waals surface area contributed by atoms with Gasteiger partial charge in [-0.25, -0.2) is 9.38 Å². The number of primary amides is 1. The maximum absolute atomic E-state index is 15.0. The number of anilines is 1. The molecule has 2 atom stereocenters. The van der Waals surface area contributed by atoms with Gasteiger partial charge in [0.05, 0.1) is 22.7 Å². The monoisotopic (exact) mass is 518 g/mol. The number of fused-ring (bicyclic) bond motifs is 1. The summed E-state index contributed by atoms with van der Waals surface area (Å²) in [6, 6.07) is 12.8. The van der Waals surface area contributed by atoms with Gasteiger partial charge in [0.15, 0.2) is 0 Å². The Morgan fingerprint density at radius 3 is 2.24 bits per heavy atom. The molecular weight excluding hydrogens is 483 g/mol. The highest BCUT2D eigenvalue weighted by molar-refractivity contribution is 6.20. The number of amides is 3. The normalized spacial score (nSPS) is 19.0. The number of carbonyl (C=O) groups excluding carboxylic acids is 3. The van der Waals surface area contributed by atoms with Crippen LogP contribution in [0.2, 0.25) is 0 Å². The Labute approximate surface area is 223 Å². The molecule has 4 rings (SSSR count). The van der Waals surface area contributed by atoms with Crippen LogP contribution in [-0.4, -0.2) is 40.5 Å². The predicted octanol–water partition coefficient (Wildman–Crippen LogP) is 4.66. The third-order valence-electron chi connectivity index (χ3n) is 7.42. The highest BCUT2D eigenvalue weighted by atomic mass is 19.1. The fraction of sp³-hybridized carbons (Fsp3) is 0.400. The summed E-state index contributed by atoms with van der Waals surface area (Å²) in [5, 5.41) is 2.89. The topological polar surface area (TPSA) is 105 Å². The van der Waals surface area contributed by atoms with Gasteiger partial charge in [0.2, 0.25) is 18.0 Å². The van der Waals surface area contributed by atoms with Crippen LogP contribution in [0, 0.1) is 23.1 Å².